The largest absolute Gasteiger partial charge is 0.370 e. The first-order chi connectivity index (χ1) is 9.81. The van der Waals surface area contributed by atoms with Gasteiger partial charge in [0.1, 0.15) is 0 Å². The Balaban J connectivity index is 1.73. The average Bonchev–Trinajstić information content (AvgIpc) is 2.46. The Hall–Kier alpha value is -1.02. The van der Waals surface area contributed by atoms with E-state index in [-0.39, 0.29) is 0 Å². The summed E-state index contributed by atoms with van der Waals surface area (Å²) in [4.78, 5) is 2.56. The molecule has 2 rings (SSSR count). The van der Waals surface area contributed by atoms with Crippen molar-refractivity contribution in [2.24, 2.45) is 5.92 Å². The number of anilines is 1. The minimum atomic E-state index is 0.773. The molecule has 0 aromatic heterocycles. The van der Waals surface area contributed by atoms with Crippen LogP contribution in [0.1, 0.15) is 45.1 Å². The zero-order valence-electron chi connectivity index (χ0n) is 13.2. The van der Waals surface area contributed by atoms with Crippen molar-refractivity contribution in [3.63, 3.8) is 0 Å². The van der Waals surface area contributed by atoms with Crippen molar-refractivity contribution in [3.05, 3.63) is 29.8 Å². The Kier molecular flexibility index (Phi) is 6.38. The normalized spacial score (nSPS) is 18.1. The highest BCUT2D eigenvalue weighted by atomic mass is 15.2. The second-order valence-corrected chi connectivity index (χ2v) is 6.19. The summed E-state index contributed by atoms with van der Waals surface area (Å²) >= 11 is 0. The standard InChI is InChI=1S/C18H30N2/c1-3-4-5-8-11-19-12-13-20-15-16(2)14-17-9-6-7-10-18(17)20/h6-7,9-10,16,19H,3-5,8,11-15H2,1-2H3. The summed E-state index contributed by atoms with van der Waals surface area (Å²) in [5.74, 6) is 0.773. The fourth-order valence-corrected chi connectivity index (χ4v) is 3.13. The minimum Gasteiger partial charge on any atom is -0.370 e. The van der Waals surface area contributed by atoms with Crippen LogP contribution in [0.25, 0.3) is 0 Å². The number of fused-ring (bicyclic) bond motifs is 1. The summed E-state index contributed by atoms with van der Waals surface area (Å²) < 4.78 is 0. The predicted molar refractivity (Wildman–Crippen MR) is 88.5 cm³/mol. The molecule has 0 spiro atoms. The second-order valence-electron chi connectivity index (χ2n) is 6.19. The fraction of sp³-hybridized carbons (Fsp3) is 0.667. The Morgan fingerprint density at radius 1 is 1.15 bits per heavy atom. The number of hydrogen-bond acceptors (Lipinski definition) is 2. The number of nitrogens with one attached hydrogen (secondary N) is 1. The lowest BCUT2D eigenvalue weighted by Crippen LogP contribution is -2.39. The Morgan fingerprint density at radius 2 is 2.00 bits per heavy atom. The van der Waals surface area contributed by atoms with Crippen LogP contribution < -0.4 is 10.2 Å². The van der Waals surface area contributed by atoms with E-state index >= 15 is 0 Å². The lowest BCUT2D eigenvalue weighted by Gasteiger charge is -2.35. The Labute approximate surface area is 124 Å². The number of unbranched alkanes of at least 4 members (excludes halogenated alkanes) is 3. The van der Waals surface area contributed by atoms with Crippen LogP contribution in [-0.4, -0.2) is 26.2 Å². The van der Waals surface area contributed by atoms with Gasteiger partial charge in [-0.2, -0.15) is 0 Å². The lowest BCUT2D eigenvalue weighted by molar-refractivity contribution is 0.519. The number of benzene rings is 1. The van der Waals surface area contributed by atoms with E-state index in [4.69, 9.17) is 0 Å². The van der Waals surface area contributed by atoms with E-state index in [1.54, 1.807) is 0 Å². The second kappa shape index (κ2) is 8.31. The van der Waals surface area contributed by atoms with E-state index in [2.05, 4.69) is 48.3 Å². The first kappa shape index (κ1) is 15.4. The van der Waals surface area contributed by atoms with Gasteiger partial charge in [0.05, 0.1) is 0 Å². The van der Waals surface area contributed by atoms with Crippen LogP contribution in [0.2, 0.25) is 0 Å². The van der Waals surface area contributed by atoms with Gasteiger partial charge < -0.3 is 10.2 Å². The van der Waals surface area contributed by atoms with Gasteiger partial charge in [-0.1, -0.05) is 51.3 Å². The van der Waals surface area contributed by atoms with Crippen molar-refractivity contribution in [3.8, 4) is 0 Å². The molecule has 0 aliphatic carbocycles. The van der Waals surface area contributed by atoms with Gasteiger partial charge in [-0.3, -0.25) is 0 Å². The summed E-state index contributed by atoms with van der Waals surface area (Å²) in [7, 11) is 0. The van der Waals surface area contributed by atoms with E-state index in [0.29, 0.717) is 0 Å². The maximum Gasteiger partial charge on any atom is 0.0399 e. The van der Waals surface area contributed by atoms with Crippen LogP contribution in [0.15, 0.2) is 24.3 Å². The third-order valence-corrected chi connectivity index (χ3v) is 4.20. The van der Waals surface area contributed by atoms with Gasteiger partial charge in [0.15, 0.2) is 0 Å². The molecule has 2 heteroatoms. The van der Waals surface area contributed by atoms with Gasteiger partial charge in [-0.05, 0) is 36.9 Å². The van der Waals surface area contributed by atoms with E-state index in [1.165, 1.54) is 56.4 Å². The molecular weight excluding hydrogens is 244 g/mol. The first-order valence-electron chi connectivity index (χ1n) is 8.35. The molecule has 0 amide bonds. The van der Waals surface area contributed by atoms with Crippen molar-refractivity contribution >= 4 is 5.69 Å². The number of nitrogens with zero attached hydrogens (tertiary/aromatic N) is 1. The molecule has 1 heterocycles. The van der Waals surface area contributed by atoms with Gasteiger partial charge in [0.2, 0.25) is 0 Å². The summed E-state index contributed by atoms with van der Waals surface area (Å²) in [6, 6.07) is 8.90. The predicted octanol–water partition coefficient (Wildman–Crippen LogP) is 3.86. The van der Waals surface area contributed by atoms with Crippen molar-refractivity contribution in [2.45, 2.75) is 46.0 Å². The maximum absolute atomic E-state index is 3.60. The highest BCUT2D eigenvalue weighted by molar-refractivity contribution is 5.55. The third kappa shape index (κ3) is 4.52. The van der Waals surface area contributed by atoms with Gasteiger partial charge >= 0.3 is 0 Å². The zero-order chi connectivity index (χ0) is 14.2. The quantitative estimate of drug-likeness (QED) is 0.724. The van der Waals surface area contributed by atoms with E-state index in [1.807, 2.05) is 0 Å². The molecule has 0 fully saturated rings. The average molecular weight is 274 g/mol. The number of rotatable bonds is 8. The molecule has 1 N–H and O–H groups in total. The molecule has 20 heavy (non-hydrogen) atoms. The molecule has 0 bridgehead atoms. The van der Waals surface area contributed by atoms with Gasteiger partial charge in [-0.25, -0.2) is 0 Å². The summed E-state index contributed by atoms with van der Waals surface area (Å²) in [5.41, 5.74) is 2.98. The van der Waals surface area contributed by atoms with Crippen LogP contribution in [0, 0.1) is 5.92 Å². The van der Waals surface area contributed by atoms with E-state index < -0.39 is 0 Å². The van der Waals surface area contributed by atoms with E-state index in [9.17, 15) is 0 Å². The zero-order valence-corrected chi connectivity index (χ0v) is 13.2. The molecule has 112 valence electrons. The van der Waals surface area contributed by atoms with E-state index in [0.717, 1.165) is 19.0 Å². The molecule has 1 aromatic carbocycles. The van der Waals surface area contributed by atoms with Crippen molar-refractivity contribution in [1.29, 1.82) is 0 Å². The highest BCUT2D eigenvalue weighted by Gasteiger charge is 2.20. The van der Waals surface area contributed by atoms with Crippen LogP contribution in [-0.2, 0) is 6.42 Å². The molecule has 0 saturated heterocycles. The molecular formula is C18H30N2. The van der Waals surface area contributed by atoms with Gasteiger partial charge in [0, 0.05) is 25.3 Å². The molecule has 1 aromatic rings. The monoisotopic (exact) mass is 274 g/mol. The van der Waals surface area contributed by atoms with Crippen molar-refractivity contribution in [1.82, 2.24) is 5.32 Å². The van der Waals surface area contributed by atoms with Crippen molar-refractivity contribution in [2.75, 3.05) is 31.1 Å². The number of para-hydroxylation sites is 1. The van der Waals surface area contributed by atoms with Gasteiger partial charge in [-0.15, -0.1) is 0 Å². The molecule has 1 aliphatic heterocycles. The third-order valence-electron chi connectivity index (χ3n) is 4.20. The summed E-state index contributed by atoms with van der Waals surface area (Å²) in [6.07, 6.45) is 6.62. The molecule has 1 atom stereocenters. The van der Waals surface area contributed by atoms with Crippen molar-refractivity contribution < 1.29 is 0 Å². The Morgan fingerprint density at radius 3 is 2.85 bits per heavy atom. The summed E-state index contributed by atoms with van der Waals surface area (Å²) in [6.45, 7) is 9.24. The molecule has 0 saturated carbocycles. The smallest absolute Gasteiger partial charge is 0.0399 e. The molecule has 2 nitrogen and oxygen atoms in total. The topological polar surface area (TPSA) is 15.3 Å². The number of hydrogen-bond donors (Lipinski definition) is 1. The molecule has 0 radical (unpaired) electrons. The van der Waals surface area contributed by atoms with Gasteiger partial charge in [0.25, 0.3) is 0 Å². The highest BCUT2D eigenvalue weighted by Crippen LogP contribution is 2.28. The molecule has 1 aliphatic rings. The summed E-state index contributed by atoms with van der Waals surface area (Å²) in [5, 5.41) is 3.60. The maximum atomic E-state index is 3.60. The van der Waals surface area contributed by atoms with Crippen LogP contribution >= 0.6 is 0 Å². The Bertz CT molecular complexity index is 389. The van der Waals surface area contributed by atoms with Crippen LogP contribution in [0.5, 0.6) is 0 Å². The molecule has 1 unspecified atom stereocenters. The lowest BCUT2D eigenvalue weighted by atomic mass is 9.94. The first-order valence-corrected chi connectivity index (χ1v) is 8.35. The minimum absolute atomic E-state index is 0.773. The van der Waals surface area contributed by atoms with Crippen LogP contribution in [0.3, 0.4) is 0 Å². The SMILES string of the molecule is CCCCCCNCCN1CC(C)Cc2ccccc21. The van der Waals surface area contributed by atoms with Crippen LogP contribution in [0.4, 0.5) is 5.69 Å². The fourth-order valence-electron chi connectivity index (χ4n) is 3.13.